The van der Waals surface area contributed by atoms with Crippen LogP contribution in [0.2, 0.25) is 0 Å². The van der Waals surface area contributed by atoms with E-state index in [0.717, 1.165) is 22.1 Å². The lowest BCUT2D eigenvalue weighted by Crippen LogP contribution is -2.30. The first-order valence-electron chi connectivity index (χ1n) is 8.50. The van der Waals surface area contributed by atoms with Crippen LogP contribution in [-0.4, -0.2) is 25.6 Å². The van der Waals surface area contributed by atoms with E-state index in [1.54, 1.807) is 14.2 Å². The Kier molecular flexibility index (Phi) is 6.34. The average molecular weight is 449 g/mol. The third-order valence-corrected chi connectivity index (χ3v) is 5.90. The fraction of sp³-hybridized carbons (Fsp3) is 0.250. The molecule has 2 aromatic rings. The van der Waals surface area contributed by atoms with E-state index in [9.17, 15) is 4.79 Å². The van der Waals surface area contributed by atoms with Crippen LogP contribution in [0.4, 0.5) is 5.69 Å². The summed E-state index contributed by atoms with van der Waals surface area (Å²) in [6.07, 6.45) is 2.84. The minimum absolute atomic E-state index is 0.107. The Labute approximate surface area is 171 Å². The molecule has 0 saturated carbocycles. The molecule has 0 aliphatic carbocycles. The molecule has 27 heavy (non-hydrogen) atoms. The summed E-state index contributed by atoms with van der Waals surface area (Å²) >= 11 is 4.97. The molecule has 2 aromatic carbocycles. The zero-order valence-electron chi connectivity index (χ0n) is 15.3. The number of anilines is 1. The van der Waals surface area contributed by atoms with Gasteiger partial charge in [-0.25, -0.2) is 0 Å². The predicted molar refractivity (Wildman–Crippen MR) is 114 cm³/mol. The third-order valence-electron chi connectivity index (χ3n) is 4.18. The predicted octanol–water partition coefficient (Wildman–Crippen LogP) is 4.63. The van der Waals surface area contributed by atoms with Crippen LogP contribution < -0.4 is 20.1 Å². The number of rotatable bonds is 6. The molecule has 1 atom stereocenters. The second kappa shape index (κ2) is 8.71. The molecule has 0 unspecified atom stereocenters. The fourth-order valence-corrected chi connectivity index (χ4v) is 4.09. The van der Waals surface area contributed by atoms with Crippen LogP contribution in [0.15, 0.2) is 45.8 Å². The van der Waals surface area contributed by atoms with E-state index >= 15 is 0 Å². The van der Waals surface area contributed by atoms with Crippen LogP contribution in [0.5, 0.6) is 11.5 Å². The second-order valence-corrected chi connectivity index (χ2v) is 7.90. The molecule has 5 nitrogen and oxygen atoms in total. The Morgan fingerprint density at radius 3 is 2.48 bits per heavy atom. The molecule has 0 radical (unpaired) electrons. The number of benzene rings is 2. The van der Waals surface area contributed by atoms with Crippen molar-refractivity contribution in [2.24, 2.45) is 0 Å². The van der Waals surface area contributed by atoms with Gasteiger partial charge in [-0.2, -0.15) is 0 Å². The molecule has 0 aromatic heterocycles. The lowest BCUT2D eigenvalue weighted by Gasteiger charge is -2.13. The molecule has 0 spiro atoms. The van der Waals surface area contributed by atoms with Crippen LogP contribution in [0, 0.1) is 0 Å². The second-order valence-electron chi connectivity index (χ2n) is 5.90. The van der Waals surface area contributed by atoms with Crippen LogP contribution in [0.3, 0.4) is 0 Å². The molecular weight excluding hydrogens is 428 g/mol. The van der Waals surface area contributed by atoms with E-state index in [2.05, 4.69) is 45.6 Å². The monoisotopic (exact) mass is 448 g/mol. The van der Waals surface area contributed by atoms with Crippen LogP contribution in [-0.2, 0) is 11.2 Å². The van der Waals surface area contributed by atoms with E-state index in [-0.39, 0.29) is 11.4 Å². The van der Waals surface area contributed by atoms with Crippen molar-refractivity contribution in [1.29, 1.82) is 0 Å². The van der Waals surface area contributed by atoms with Crippen molar-refractivity contribution >= 4 is 45.4 Å². The van der Waals surface area contributed by atoms with Crippen molar-refractivity contribution < 1.29 is 14.3 Å². The summed E-state index contributed by atoms with van der Waals surface area (Å²) in [5, 5.41) is 6.27. The maximum atomic E-state index is 12.4. The number of carbonyl (C=O) groups is 1. The smallest absolute Gasteiger partial charge is 0.260 e. The van der Waals surface area contributed by atoms with Crippen molar-refractivity contribution in [2.45, 2.75) is 18.8 Å². The van der Waals surface area contributed by atoms with E-state index < -0.39 is 0 Å². The normalized spacial score (nSPS) is 17.7. The molecule has 1 aliphatic heterocycles. The fourth-order valence-electron chi connectivity index (χ4n) is 2.68. The maximum Gasteiger partial charge on any atom is 0.260 e. The SMILES string of the molecule is CCc1ccc(N[C@H]2NC(=O)/C(=C/c3cc(OC)c(OC)cc3Br)S2)cc1. The summed E-state index contributed by atoms with van der Waals surface area (Å²) in [6.45, 7) is 2.12. The number of carbonyl (C=O) groups excluding carboxylic acids is 1. The lowest BCUT2D eigenvalue weighted by atomic mass is 10.1. The summed E-state index contributed by atoms with van der Waals surface area (Å²) < 4.78 is 11.5. The van der Waals surface area contributed by atoms with Gasteiger partial charge in [0.15, 0.2) is 17.0 Å². The zero-order valence-corrected chi connectivity index (χ0v) is 17.7. The van der Waals surface area contributed by atoms with Gasteiger partial charge in [0.2, 0.25) is 0 Å². The van der Waals surface area contributed by atoms with Gasteiger partial charge in [0.05, 0.1) is 19.1 Å². The maximum absolute atomic E-state index is 12.4. The van der Waals surface area contributed by atoms with Crippen LogP contribution >= 0.6 is 27.7 Å². The highest BCUT2D eigenvalue weighted by molar-refractivity contribution is 9.10. The van der Waals surface area contributed by atoms with Crippen molar-refractivity contribution in [2.75, 3.05) is 19.5 Å². The Morgan fingerprint density at radius 1 is 1.19 bits per heavy atom. The van der Waals surface area contributed by atoms with Gasteiger partial charge in [0.25, 0.3) is 5.91 Å². The molecule has 3 rings (SSSR count). The van der Waals surface area contributed by atoms with Crippen molar-refractivity contribution in [3.05, 3.63) is 56.9 Å². The van der Waals surface area contributed by atoms with Gasteiger partial charge in [0, 0.05) is 10.2 Å². The number of amides is 1. The largest absolute Gasteiger partial charge is 0.493 e. The number of methoxy groups -OCH3 is 2. The Bertz CT molecular complexity index is 868. The van der Waals surface area contributed by atoms with Crippen LogP contribution in [0.1, 0.15) is 18.1 Å². The molecule has 1 saturated heterocycles. The molecule has 1 aliphatic rings. The Morgan fingerprint density at radius 2 is 1.85 bits per heavy atom. The third kappa shape index (κ3) is 4.59. The summed E-state index contributed by atoms with van der Waals surface area (Å²) in [7, 11) is 3.18. The summed E-state index contributed by atoms with van der Waals surface area (Å²) in [5.41, 5.74) is 2.88. The molecule has 2 N–H and O–H groups in total. The van der Waals surface area contributed by atoms with E-state index in [1.807, 2.05) is 30.3 Å². The molecule has 1 heterocycles. The molecule has 0 bridgehead atoms. The van der Waals surface area contributed by atoms with Gasteiger partial charge in [-0.15, -0.1) is 0 Å². The standard InChI is InChI=1S/C20H21BrN2O3S/c1-4-12-5-7-14(8-6-12)22-20-23-19(24)18(27-20)10-13-9-16(25-2)17(26-3)11-15(13)21/h5-11,20,22H,4H2,1-3H3,(H,23,24)/b18-10-/t20-/m0/s1. The number of hydrogen-bond acceptors (Lipinski definition) is 5. The number of ether oxygens (including phenoxy) is 2. The first-order valence-corrected chi connectivity index (χ1v) is 10.2. The zero-order chi connectivity index (χ0) is 19.4. The van der Waals surface area contributed by atoms with E-state index in [0.29, 0.717) is 16.4 Å². The molecule has 7 heteroatoms. The summed E-state index contributed by atoms with van der Waals surface area (Å²) in [6, 6.07) is 11.9. The molecule has 1 amide bonds. The minimum atomic E-state index is -0.213. The van der Waals surface area contributed by atoms with Crippen LogP contribution in [0.25, 0.3) is 6.08 Å². The van der Waals surface area contributed by atoms with Gasteiger partial charge >= 0.3 is 0 Å². The number of hydrogen-bond donors (Lipinski definition) is 2. The van der Waals surface area contributed by atoms with Crippen molar-refractivity contribution in [3.63, 3.8) is 0 Å². The number of aryl methyl sites for hydroxylation is 1. The number of nitrogens with one attached hydrogen (secondary N) is 2. The van der Waals surface area contributed by atoms with Gasteiger partial charge in [-0.3, -0.25) is 4.79 Å². The minimum Gasteiger partial charge on any atom is -0.493 e. The Balaban J connectivity index is 1.76. The quantitative estimate of drug-likeness (QED) is 0.630. The molecular formula is C20H21BrN2O3S. The summed E-state index contributed by atoms with van der Waals surface area (Å²) in [4.78, 5) is 13.0. The summed E-state index contributed by atoms with van der Waals surface area (Å²) in [5.74, 6) is 1.14. The topological polar surface area (TPSA) is 59.6 Å². The highest BCUT2D eigenvalue weighted by Gasteiger charge is 2.27. The van der Waals surface area contributed by atoms with Gasteiger partial charge in [-0.1, -0.05) is 46.7 Å². The highest BCUT2D eigenvalue weighted by atomic mass is 79.9. The van der Waals surface area contributed by atoms with Gasteiger partial charge in [0.1, 0.15) is 0 Å². The first kappa shape index (κ1) is 19.6. The highest BCUT2D eigenvalue weighted by Crippen LogP contribution is 2.37. The average Bonchev–Trinajstić information content (AvgIpc) is 3.02. The van der Waals surface area contributed by atoms with E-state index in [4.69, 9.17) is 9.47 Å². The molecule has 1 fully saturated rings. The van der Waals surface area contributed by atoms with E-state index in [1.165, 1.54) is 17.3 Å². The Hall–Kier alpha value is -2.12. The number of halogens is 1. The lowest BCUT2D eigenvalue weighted by molar-refractivity contribution is -0.116. The number of thioether (sulfide) groups is 1. The van der Waals surface area contributed by atoms with Crippen molar-refractivity contribution in [3.8, 4) is 11.5 Å². The van der Waals surface area contributed by atoms with Gasteiger partial charge in [-0.05, 0) is 47.9 Å². The van der Waals surface area contributed by atoms with Crippen molar-refractivity contribution in [1.82, 2.24) is 5.32 Å². The van der Waals surface area contributed by atoms with Gasteiger partial charge < -0.3 is 20.1 Å². The first-order chi connectivity index (χ1) is 13.0. The molecule has 142 valence electrons.